The van der Waals surface area contributed by atoms with Gasteiger partial charge in [0.15, 0.2) is 5.75 Å². The lowest BCUT2D eigenvalue weighted by Gasteiger charge is -2.35. The smallest absolute Gasteiger partial charge is 0.410 e. The number of hydrogen-bond donors (Lipinski definition) is 1. The van der Waals surface area contributed by atoms with Gasteiger partial charge in [-0.05, 0) is 26.8 Å². The van der Waals surface area contributed by atoms with E-state index in [-0.39, 0.29) is 11.8 Å². The first kappa shape index (κ1) is 16.6. The first-order valence-electron chi connectivity index (χ1n) is 8.22. The first-order valence-corrected chi connectivity index (χ1v) is 8.22. The number of furan rings is 1. The molecule has 6 nitrogen and oxygen atoms in total. The second-order valence-corrected chi connectivity index (χ2v) is 7.16. The highest BCUT2D eigenvalue weighted by molar-refractivity contribution is 5.86. The molecule has 2 aromatic rings. The molecule has 0 saturated carbocycles. The van der Waals surface area contributed by atoms with Crippen molar-refractivity contribution in [1.82, 2.24) is 9.80 Å². The van der Waals surface area contributed by atoms with Gasteiger partial charge in [0, 0.05) is 38.3 Å². The molecule has 6 heteroatoms. The Kier molecular flexibility index (Phi) is 4.41. The topological polar surface area (TPSA) is 66.2 Å². The summed E-state index contributed by atoms with van der Waals surface area (Å²) in [6.07, 6.45) is 1.12. The van der Waals surface area contributed by atoms with Gasteiger partial charge < -0.3 is 19.2 Å². The number of amides is 1. The zero-order chi connectivity index (χ0) is 17.3. The molecule has 130 valence electrons. The van der Waals surface area contributed by atoms with E-state index in [1.54, 1.807) is 4.90 Å². The second-order valence-electron chi connectivity index (χ2n) is 7.16. The number of carbonyl (C=O) groups excluding carboxylic acids is 1. The van der Waals surface area contributed by atoms with Crippen molar-refractivity contribution in [3.63, 3.8) is 0 Å². The number of ether oxygens (including phenoxy) is 1. The van der Waals surface area contributed by atoms with Crippen molar-refractivity contribution < 1.29 is 19.1 Å². The Balaban J connectivity index is 1.60. The van der Waals surface area contributed by atoms with E-state index in [0.717, 1.165) is 36.2 Å². The molecular weight excluding hydrogens is 308 g/mol. The van der Waals surface area contributed by atoms with E-state index in [2.05, 4.69) is 4.90 Å². The van der Waals surface area contributed by atoms with Crippen LogP contribution in [-0.2, 0) is 11.3 Å². The fourth-order valence-corrected chi connectivity index (χ4v) is 2.88. The van der Waals surface area contributed by atoms with Crippen LogP contribution in [0.4, 0.5) is 4.79 Å². The minimum atomic E-state index is -0.467. The molecule has 1 fully saturated rings. The van der Waals surface area contributed by atoms with Gasteiger partial charge in [0.2, 0.25) is 0 Å². The Morgan fingerprint density at radius 2 is 1.96 bits per heavy atom. The van der Waals surface area contributed by atoms with E-state index in [0.29, 0.717) is 13.1 Å². The summed E-state index contributed by atoms with van der Waals surface area (Å²) in [6.45, 7) is 9.21. The lowest BCUT2D eigenvalue weighted by molar-refractivity contribution is 0.0139. The monoisotopic (exact) mass is 332 g/mol. The van der Waals surface area contributed by atoms with Crippen molar-refractivity contribution in [3.05, 3.63) is 30.0 Å². The van der Waals surface area contributed by atoms with Gasteiger partial charge in [-0.25, -0.2) is 4.79 Å². The average molecular weight is 332 g/mol. The minimum Gasteiger partial charge on any atom is -0.504 e. The third-order valence-corrected chi connectivity index (χ3v) is 4.08. The molecule has 1 aromatic heterocycles. The maximum Gasteiger partial charge on any atom is 0.410 e. The maximum absolute atomic E-state index is 12.1. The van der Waals surface area contributed by atoms with Gasteiger partial charge in [-0.15, -0.1) is 0 Å². The largest absolute Gasteiger partial charge is 0.504 e. The number of piperazine rings is 1. The summed E-state index contributed by atoms with van der Waals surface area (Å²) in [4.78, 5) is 16.1. The number of fused-ring (bicyclic) bond motifs is 1. The number of nitrogens with zero attached hydrogens (tertiary/aromatic N) is 2. The summed E-state index contributed by atoms with van der Waals surface area (Å²) in [5, 5.41) is 10.5. The van der Waals surface area contributed by atoms with Crippen LogP contribution in [0.3, 0.4) is 0 Å². The predicted octanol–water partition coefficient (Wildman–Crippen LogP) is 3.19. The van der Waals surface area contributed by atoms with Gasteiger partial charge in [0.05, 0.1) is 5.39 Å². The molecule has 1 saturated heterocycles. The van der Waals surface area contributed by atoms with Crippen molar-refractivity contribution in [1.29, 1.82) is 0 Å². The van der Waals surface area contributed by atoms with Crippen LogP contribution in [0.15, 0.2) is 28.9 Å². The molecule has 0 unspecified atom stereocenters. The quantitative estimate of drug-likeness (QED) is 0.915. The van der Waals surface area contributed by atoms with Crippen LogP contribution in [-0.4, -0.2) is 52.8 Å². The molecule has 1 amide bonds. The Labute approximate surface area is 141 Å². The molecule has 0 atom stereocenters. The lowest BCUT2D eigenvalue weighted by Crippen LogP contribution is -2.49. The molecule has 1 aromatic carbocycles. The maximum atomic E-state index is 12.1. The van der Waals surface area contributed by atoms with Crippen LogP contribution >= 0.6 is 0 Å². The Bertz CT molecular complexity index is 724. The molecule has 3 rings (SSSR count). The van der Waals surface area contributed by atoms with Crippen LogP contribution < -0.4 is 0 Å². The van der Waals surface area contributed by atoms with Crippen molar-refractivity contribution in [2.75, 3.05) is 26.2 Å². The summed E-state index contributed by atoms with van der Waals surface area (Å²) >= 11 is 0. The van der Waals surface area contributed by atoms with Crippen molar-refractivity contribution in [2.45, 2.75) is 32.9 Å². The summed E-state index contributed by atoms with van der Waals surface area (Å²) in [6, 6.07) is 5.77. The van der Waals surface area contributed by atoms with Crippen LogP contribution in [0.2, 0.25) is 0 Å². The Hall–Kier alpha value is -2.21. The zero-order valence-electron chi connectivity index (χ0n) is 14.4. The number of carbonyl (C=O) groups is 1. The summed E-state index contributed by atoms with van der Waals surface area (Å²) < 4.78 is 10.9. The standard InChI is InChI=1S/C18H24N2O4/c1-18(2,3)24-17(22)20-9-7-19(8-10-20)11-13-5-4-6-14-15(21)12-23-16(13)14/h4-6,12,21H,7-11H2,1-3H3. The average Bonchev–Trinajstić information content (AvgIpc) is 2.89. The summed E-state index contributed by atoms with van der Waals surface area (Å²) in [7, 11) is 0. The molecule has 0 aliphatic carbocycles. The molecule has 0 bridgehead atoms. The van der Waals surface area contributed by atoms with Crippen molar-refractivity contribution in [2.24, 2.45) is 0 Å². The SMILES string of the molecule is CC(C)(C)OC(=O)N1CCN(Cc2cccc3c(O)coc23)CC1. The normalized spacial score (nSPS) is 16.5. The molecule has 24 heavy (non-hydrogen) atoms. The fraction of sp³-hybridized carbons (Fsp3) is 0.500. The molecule has 1 aliphatic heterocycles. The summed E-state index contributed by atoms with van der Waals surface area (Å²) in [5.41, 5.74) is 1.30. The number of hydrogen-bond acceptors (Lipinski definition) is 5. The lowest BCUT2D eigenvalue weighted by atomic mass is 10.1. The van der Waals surface area contributed by atoms with E-state index in [1.807, 2.05) is 39.0 Å². The van der Waals surface area contributed by atoms with Crippen molar-refractivity contribution in [3.8, 4) is 5.75 Å². The van der Waals surface area contributed by atoms with Crippen LogP contribution in [0.1, 0.15) is 26.3 Å². The molecule has 1 N–H and O–H groups in total. The van der Waals surface area contributed by atoms with Crippen LogP contribution in [0.25, 0.3) is 11.0 Å². The van der Waals surface area contributed by atoms with Gasteiger partial charge in [-0.1, -0.05) is 12.1 Å². The number of aromatic hydroxyl groups is 1. The third kappa shape index (κ3) is 3.64. The van der Waals surface area contributed by atoms with E-state index >= 15 is 0 Å². The number of rotatable bonds is 2. The predicted molar refractivity (Wildman–Crippen MR) is 91.0 cm³/mol. The first-order chi connectivity index (χ1) is 11.3. The van der Waals surface area contributed by atoms with Gasteiger partial charge >= 0.3 is 6.09 Å². The molecular formula is C18H24N2O4. The summed E-state index contributed by atoms with van der Waals surface area (Å²) in [5.74, 6) is 0.168. The minimum absolute atomic E-state index is 0.168. The van der Waals surface area contributed by atoms with E-state index in [4.69, 9.17) is 9.15 Å². The molecule has 0 spiro atoms. The third-order valence-electron chi connectivity index (χ3n) is 4.08. The van der Waals surface area contributed by atoms with Gasteiger partial charge in [0.25, 0.3) is 0 Å². The highest BCUT2D eigenvalue weighted by Gasteiger charge is 2.26. The van der Waals surface area contributed by atoms with E-state index < -0.39 is 5.60 Å². The van der Waals surface area contributed by atoms with Crippen LogP contribution in [0.5, 0.6) is 5.75 Å². The zero-order valence-corrected chi connectivity index (χ0v) is 14.4. The Morgan fingerprint density at radius 3 is 2.62 bits per heavy atom. The van der Waals surface area contributed by atoms with Crippen LogP contribution in [0, 0.1) is 0 Å². The number of para-hydroxylation sites is 1. The van der Waals surface area contributed by atoms with Crippen molar-refractivity contribution >= 4 is 17.1 Å². The highest BCUT2D eigenvalue weighted by atomic mass is 16.6. The van der Waals surface area contributed by atoms with Gasteiger partial charge in [-0.3, -0.25) is 4.90 Å². The number of benzene rings is 1. The van der Waals surface area contributed by atoms with E-state index in [9.17, 15) is 9.90 Å². The molecule has 2 heterocycles. The highest BCUT2D eigenvalue weighted by Crippen LogP contribution is 2.29. The van der Waals surface area contributed by atoms with E-state index in [1.165, 1.54) is 6.26 Å². The fourth-order valence-electron chi connectivity index (χ4n) is 2.88. The van der Waals surface area contributed by atoms with Gasteiger partial charge in [-0.2, -0.15) is 0 Å². The van der Waals surface area contributed by atoms with Gasteiger partial charge in [0.1, 0.15) is 17.4 Å². The molecule has 1 aliphatic rings. The Morgan fingerprint density at radius 1 is 1.25 bits per heavy atom. The molecule has 0 radical (unpaired) electrons. The second kappa shape index (κ2) is 6.36.